The summed E-state index contributed by atoms with van der Waals surface area (Å²) in [7, 11) is 0. The summed E-state index contributed by atoms with van der Waals surface area (Å²) in [5, 5.41) is 10.8. The Kier molecular flexibility index (Phi) is 3.09. The molecule has 0 radical (unpaired) electrons. The second-order valence-corrected chi connectivity index (χ2v) is 4.52. The topological polar surface area (TPSA) is 98.2 Å². The average molecular weight is 241 g/mol. The van der Waals surface area contributed by atoms with Gasteiger partial charge in [-0.2, -0.15) is 16.7 Å². The standard InChI is InChI=1S/C8H11N5O2S/c9-8-10-5-6(13(14)15)7(11-8)12-1-3-16-4-2-12/h5H,1-4H2,(H2,9,10,11). The fourth-order valence-corrected chi connectivity index (χ4v) is 2.42. The van der Waals surface area contributed by atoms with Gasteiger partial charge in [-0.1, -0.05) is 0 Å². The van der Waals surface area contributed by atoms with Crippen LogP contribution in [-0.2, 0) is 0 Å². The lowest BCUT2D eigenvalue weighted by Gasteiger charge is -2.26. The lowest BCUT2D eigenvalue weighted by atomic mass is 10.4. The maximum Gasteiger partial charge on any atom is 0.329 e. The van der Waals surface area contributed by atoms with Crippen molar-refractivity contribution in [2.75, 3.05) is 35.2 Å². The van der Waals surface area contributed by atoms with Crippen molar-refractivity contribution >= 4 is 29.2 Å². The Hall–Kier alpha value is -1.57. The largest absolute Gasteiger partial charge is 0.368 e. The van der Waals surface area contributed by atoms with E-state index in [1.54, 1.807) is 0 Å². The summed E-state index contributed by atoms with van der Waals surface area (Å²) in [4.78, 5) is 19.8. The van der Waals surface area contributed by atoms with Crippen LogP contribution in [-0.4, -0.2) is 39.5 Å². The van der Waals surface area contributed by atoms with Gasteiger partial charge in [0.2, 0.25) is 11.8 Å². The Bertz CT molecular complexity index is 407. The van der Waals surface area contributed by atoms with Gasteiger partial charge < -0.3 is 10.6 Å². The fourth-order valence-electron chi connectivity index (χ4n) is 1.52. The molecule has 1 aliphatic rings. The van der Waals surface area contributed by atoms with Gasteiger partial charge in [0.15, 0.2) is 0 Å². The lowest BCUT2D eigenvalue weighted by molar-refractivity contribution is -0.384. The van der Waals surface area contributed by atoms with Crippen LogP contribution in [0.25, 0.3) is 0 Å². The maximum atomic E-state index is 10.8. The molecule has 0 unspecified atom stereocenters. The first kappa shape index (κ1) is 10.9. The summed E-state index contributed by atoms with van der Waals surface area (Å²) in [5.74, 6) is 2.29. The number of thioether (sulfide) groups is 1. The molecule has 1 saturated heterocycles. The molecular weight excluding hydrogens is 230 g/mol. The number of rotatable bonds is 2. The van der Waals surface area contributed by atoms with Crippen molar-refractivity contribution < 1.29 is 4.92 Å². The maximum absolute atomic E-state index is 10.8. The van der Waals surface area contributed by atoms with E-state index >= 15 is 0 Å². The zero-order valence-corrected chi connectivity index (χ0v) is 9.31. The Balaban J connectivity index is 2.36. The number of nitrogens with two attached hydrogens (primary N) is 1. The molecule has 1 aromatic heterocycles. The first-order valence-electron chi connectivity index (χ1n) is 4.78. The molecule has 16 heavy (non-hydrogen) atoms. The third-order valence-electron chi connectivity index (χ3n) is 2.28. The van der Waals surface area contributed by atoms with Gasteiger partial charge in [-0.3, -0.25) is 10.1 Å². The first-order chi connectivity index (χ1) is 7.68. The van der Waals surface area contributed by atoms with E-state index in [4.69, 9.17) is 5.73 Å². The van der Waals surface area contributed by atoms with Crippen molar-refractivity contribution in [3.63, 3.8) is 0 Å². The Morgan fingerprint density at radius 1 is 1.50 bits per heavy atom. The summed E-state index contributed by atoms with van der Waals surface area (Å²) in [5.41, 5.74) is 5.38. The Morgan fingerprint density at radius 2 is 2.19 bits per heavy atom. The van der Waals surface area contributed by atoms with Crippen molar-refractivity contribution in [1.82, 2.24) is 9.97 Å². The van der Waals surface area contributed by atoms with Crippen molar-refractivity contribution in [1.29, 1.82) is 0 Å². The second-order valence-electron chi connectivity index (χ2n) is 3.29. The molecule has 0 spiro atoms. The summed E-state index contributed by atoms with van der Waals surface area (Å²) >= 11 is 1.83. The highest BCUT2D eigenvalue weighted by molar-refractivity contribution is 7.99. The summed E-state index contributed by atoms with van der Waals surface area (Å²) in [6.45, 7) is 1.50. The van der Waals surface area contributed by atoms with Crippen LogP contribution in [0.5, 0.6) is 0 Å². The molecule has 0 bridgehead atoms. The number of aromatic nitrogens is 2. The minimum Gasteiger partial charge on any atom is -0.368 e. The minimum absolute atomic E-state index is 0.0684. The fraction of sp³-hybridized carbons (Fsp3) is 0.500. The highest BCUT2D eigenvalue weighted by atomic mass is 32.2. The molecule has 2 heterocycles. The predicted octanol–water partition coefficient (Wildman–Crippen LogP) is 0.520. The van der Waals surface area contributed by atoms with Crippen molar-refractivity contribution in [2.45, 2.75) is 0 Å². The van der Waals surface area contributed by atoms with Crippen molar-refractivity contribution in [3.05, 3.63) is 16.3 Å². The third-order valence-corrected chi connectivity index (χ3v) is 3.22. The molecule has 2 N–H and O–H groups in total. The van der Waals surface area contributed by atoms with Crippen LogP contribution < -0.4 is 10.6 Å². The lowest BCUT2D eigenvalue weighted by Crippen LogP contribution is -2.33. The van der Waals surface area contributed by atoms with E-state index in [2.05, 4.69) is 9.97 Å². The molecule has 1 fully saturated rings. The van der Waals surface area contributed by atoms with Gasteiger partial charge in [-0.05, 0) is 0 Å². The van der Waals surface area contributed by atoms with E-state index in [0.717, 1.165) is 24.6 Å². The monoisotopic (exact) mass is 241 g/mol. The molecule has 8 heteroatoms. The van der Waals surface area contributed by atoms with E-state index in [-0.39, 0.29) is 11.6 Å². The van der Waals surface area contributed by atoms with Crippen molar-refractivity contribution in [2.24, 2.45) is 0 Å². The van der Waals surface area contributed by atoms with E-state index < -0.39 is 4.92 Å². The second kappa shape index (κ2) is 4.52. The Morgan fingerprint density at radius 3 is 2.81 bits per heavy atom. The van der Waals surface area contributed by atoms with Crippen molar-refractivity contribution in [3.8, 4) is 0 Å². The highest BCUT2D eigenvalue weighted by Crippen LogP contribution is 2.27. The number of hydrogen-bond acceptors (Lipinski definition) is 7. The van der Waals surface area contributed by atoms with Gasteiger partial charge in [0.25, 0.3) is 0 Å². The number of nitrogens with zero attached hydrogens (tertiary/aromatic N) is 4. The number of hydrogen-bond donors (Lipinski definition) is 1. The van der Waals surface area contributed by atoms with E-state index in [9.17, 15) is 10.1 Å². The smallest absolute Gasteiger partial charge is 0.329 e. The number of nitrogen functional groups attached to an aromatic ring is 1. The molecular formula is C8H11N5O2S. The molecule has 0 aromatic carbocycles. The van der Waals surface area contributed by atoms with Gasteiger partial charge in [0.05, 0.1) is 4.92 Å². The highest BCUT2D eigenvalue weighted by Gasteiger charge is 2.23. The van der Waals surface area contributed by atoms with Crippen LogP contribution in [0.3, 0.4) is 0 Å². The Labute approximate surface area is 96.2 Å². The minimum atomic E-state index is -0.476. The summed E-state index contributed by atoms with van der Waals surface area (Å²) < 4.78 is 0. The van der Waals surface area contributed by atoms with E-state index in [1.807, 2.05) is 16.7 Å². The van der Waals surface area contributed by atoms with Crippen LogP contribution in [0, 0.1) is 10.1 Å². The molecule has 0 atom stereocenters. The summed E-state index contributed by atoms with van der Waals surface area (Å²) in [6, 6.07) is 0. The molecule has 1 aliphatic heterocycles. The zero-order valence-electron chi connectivity index (χ0n) is 8.50. The average Bonchev–Trinajstić information content (AvgIpc) is 2.29. The zero-order chi connectivity index (χ0) is 11.5. The van der Waals surface area contributed by atoms with Crippen LogP contribution in [0.15, 0.2) is 6.20 Å². The van der Waals surface area contributed by atoms with Crippen LogP contribution in [0.2, 0.25) is 0 Å². The number of anilines is 2. The van der Waals surface area contributed by atoms with Crippen LogP contribution >= 0.6 is 11.8 Å². The molecule has 0 amide bonds. The predicted molar refractivity (Wildman–Crippen MR) is 62.6 cm³/mol. The van der Waals surface area contributed by atoms with Gasteiger partial charge in [0.1, 0.15) is 6.20 Å². The molecule has 1 aromatic rings. The quantitative estimate of drug-likeness (QED) is 0.595. The van der Waals surface area contributed by atoms with Gasteiger partial charge in [0, 0.05) is 24.6 Å². The number of nitro groups is 1. The van der Waals surface area contributed by atoms with E-state index in [1.165, 1.54) is 6.20 Å². The SMILES string of the molecule is Nc1ncc([N+](=O)[O-])c(N2CCSCC2)n1. The molecule has 7 nitrogen and oxygen atoms in total. The molecule has 0 aliphatic carbocycles. The van der Waals surface area contributed by atoms with Gasteiger partial charge in [-0.15, -0.1) is 0 Å². The van der Waals surface area contributed by atoms with E-state index in [0.29, 0.717) is 5.82 Å². The van der Waals surface area contributed by atoms with Crippen LogP contribution in [0.1, 0.15) is 0 Å². The van der Waals surface area contributed by atoms with Crippen LogP contribution in [0.4, 0.5) is 17.5 Å². The normalized spacial score (nSPS) is 16.1. The summed E-state index contributed by atoms with van der Waals surface area (Å²) in [6.07, 6.45) is 1.17. The molecule has 86 valence electrons. The molecule has 2 rings (SSSR count). The molecule has 0 saturated carbocycles. The van der Waals surface area contributed by atoms with Gasteiger partial charge >= 0.3 is 5.69 Å². The third kappa shape index (κ3) is 2.16. The first-order valence-corrected chi connectivity index (χ1v) is 5.93. The van der Waals surface area contributed by atoms with Gasteiger partial charge in [-0.25, -0.2) is 4.98 Å².